The van der Waals surface area contributed by atoms with E-state index in [4.69, 9.17) is 17.3 Å². The number of amidine groups is 1. The van der Waals surface area contributed by atoms with Gasteiger partial charge in [0.15, 0.2) is 5.96 Å². The third kappa shape index (κ3) is 4.02. The Balaban J connectivity index is 1.62. The highest BCUT2D eigenvalue weighted by Gasteiger charge is 2.27. The van der Waals surface area contributed by atoms with E-state index in [9.17, 15) is 13.5 Å². The van der Waals surface area contributed by atoms with Gasteiger partial charge in [-0.05, 0) is 71.4 Å². The molecule has 0 aromatic heterocycles. The van der Waals surface area contributed by atoms with Crippen LogP contribution in [0, 0.1) is 6.92 Å². The maximum absolute atomic E-state index is 12.5. The van der Waals surface area contributed by atoms with Crippen LogP contribution in [0.1, 0.15) is 5.56 Å². The van der Waals surface area contributed by atoms with Crippen molar-refractivity contribution in [3.63, 3.8) is 0 Å². The van der Waals surface area contributed by atoms with Crippen LogP contribution in [-0.2, 0) is 10.0 Å². The molecule has 3 aromatic rings. The van der Waals surface area contributed by atoms with E-state index in [2.05, 4.69) is 14.7 Å². The molecule has 7 nitrogen and oxygen atoms in total. The largest absolute Gasteiger partial charge is 0.508 e. The highest BCUT2D eigenvalue weighted by Crippen LogP contribution is 2.37. The third-order valence-corrected chi connectivity index (χ3v) is 7.10. The van der Waals surface area contributed by atoms with E-state index in [1.807, 2.05) is 12.1 Å². The maximum Gasteiger partial charge on any atom is 0.285 e. The van der Waals surface area contributed by atoms with E-state index in [-0.39, 0.29) is 21.8 Å². The molecule has 1 aliphatic heterocycles. The fourth-order valence-electron chi connectivity index (χ4n) is 2.82. The molecular formula is C19H15ClN4O3S2. The van der Waals surface area contributed by atoms with Crippen LogP contribution in [0.25, 0.3) is 10.8 Å². The first-order chi connectivity index (χ1) is 13.7. The summed E-state index contributed by atoms with van der Waals surface area (Å²) in [6.45, 7) is 1.73. The van der Waals surface area contributed by atoms with Crippen molar-refractivity contribution in [3.8, 4) is 5.75 Å². The molecule has 10 heteroatoms. The van der Waals surface area contributed by atoms with E-state index >= 15 is 0 Å². The molecule has 0 unspecified atom stereocenters. The Morgan fingerprint density at radius 3 is 2.69 bits per heavy atom. The lowest BCUT2D eigenvalue weighted by molar-refractivity contribution is 0.476. The van der Waals surface area contributed by atoms with Gasteiger partial charge in [-0.1, -0.05) is 23.7 Å². The van der Waals surface area contributed by atoms with Crippen molar-refractivity contribution in [2.45, 2.75) is 16.7 Å². The highest BCUT2D eigenvalue weighted by molar-refractivity contribution is 8.15. The number of sulfonamides is 1. The monoisotopic (exact) mass is 446 g/mol. The molecule has 0 saturated carbocycles. The smallest absolute Gasteiger partial charge is 0.285 e. The van der Waals surface area contributed by atoms with Crippen molar-refractivity contribution in [2.75, 3.05) is 5.32 Å². The molecule has 0 fully saturated rings. The van der Waals surface area contributed by atoms with Crippen molar-refractivity contribution in [1.82, 2.24) is 0 Å². The summed E-state index contributed by atoms with van der Waals surface area (Å²) < 4.78 is 28.7. The number of halogens is 1. The molecule has 4 N–H and O–H groups in total. The quantitative estimate of drug-likeness (QED) is 0.383. The Labute approximate surface area is 176 Å². The van der Waals surface area contributed by atoms with Gasteiger partial charge in [0, 0.05) is 15.6 Å². The number of benzene rings is 3. The van der Waals surface area contributed by atoms with E-state index in [0.29, 0.717) is 21.2 Å². The standard InChI is InChI=1S/C19H15ClN4O3S2/c1-10-6-17-16(9-15(10)20)28-19(24-29(17,26)27)23-18(21)22-13-4-2-12-8-14(25)5-3-11(12)7-13/h2-9,25H,1H3,(H3,21,22,23,24). The zero-order valence-corrected chi connectivity index (χ0v) is 17.4. The second kappa shape index (κ2) is 7.25. The summed E-state index contributed by atoms with van der Waals surface area (Å²) in [4.78, 5) is 4.66. The molecule has 0 bridgehead atoms. The molecular weight excluding hydrogens is 432 g/mol. The minimum Gasteiger partial charge on any atom is -0.508 e. The van der Waals surface area contributed by atoms with Crippen LogP contribution in [0.15, 0.2) is 67.7 Å². The van der Waals surface area contributed by atoms with Gasteiger partial charge in [-0.3, -0.25) is 0 Å². The first kappa shape index (κ1) is 19.6. The van der Waals surface area contributed by atoms with Gasteiger partial charge in [0.1, 0.15) is 10.6 Å². The number of nitrogens with two attached hydrogens (primary N) is 1. The van der Waals surface area contributed by atoms with E-state index in [1.165, 1.54) is 6.07 Å². The van der Waals surface area contributed by atoms with Gasteiger partial charge >= 0.3 is 0 Å². The second-order valence-electron chi connectivity index (χ2n) is 6.37. The summed E-state index contributed by atoms with van der Waals surface area (Å²) >= 11 is 7.20. The minimum absolute atomic E-state index is 0.00636. The summed E-state index contributed by atoms with van der Waals surface area (Å²) in [5.74, 6) is 0.176. The Hall–Kier alpha value is -2.75. The molecule has 148 valence electrons. The Kier molecular flexibility index (Phi) is 4.89. The molecule has 1 heterocycles. The Morgan fingerprint density at radius 1 is 1.17 bits per heavy atom. The third-order valence-electron chi connectivity index (χ3n) is 4.21. The lowest BCUT2D eigenvalue weighted by Crippen LogP contribution is -2.24. The number of nitrogens with zero attached hydrogens (tertiary/aromatic N) is 2. The van der Waals surface area contributed by atoms with Crippen LogP contribution < -0.4 is 11.1 Å². The van der Waals surface area contributed by atoms with Crippen LogP contribution in [0.5, 0.6) is 5.75 Å². The van der Waals surface area contributed by atoms with Gasteiger partial charge in [-0.25, -0.2) is 0 Å². The molecule has 3 aromatic carbocycles. The molecule has 0 aliphatic carbocycles. The molecule has 4 rings (SSSR count). The SMILES string of the molecule is Cc1cc2c(cc1Cl)SC(/N=C(/N)Nc1ccc3cc(O)ccc3c1)=NS2(=O)=O. The van der Waals surface area contributed by atoms with Crippen molar-refractivity contribution in [2.24, 2.45) is 15.1 Å². The van der Waals surface area contributed by atoms with Gasteiger partial charge in [0.05, 0.1) is 0 Å². The minimum atomic E-state index is -3.89. The number of rotatable bonds is 1. The van der Waals surface area contributed by atoms with Gasteiger partial charge < -0.3 is 16.2 Å². The first-order valence-corrected chi connectivity index (χ1v) is 11.0. The van der Waals surface area contributed by atoms with Crippen LogP contribution in [0.4, 0.5) is 5.69 Å². The number of phenols is 1. The van der Waals surface area contributed by atoms with Crippen LogP contribution >= 0.6 is 23.4 Å². The number of thioether (sulfide) groups is 1. The number of nitrogens with one attached hydrogen (secondary N) is 1. The van der Waals surface area contributed by atoms with Crippen molar-refractivity contribution in [3.05, 3.63) is 59.1 Å². The van der Waals surface area contributed by atoms with Gasteiger partial charge in [0.25, 0.3) is 10.0 Å². The Morgan fingerprint density at radius 2 is 1.90 bits per heavy atom. The number of hydrogen-bond donors (Lipinski definition) is 3. The fourth-order valence-corrected chi connectivity index (χ4v) is 5.59. The van der Waals surface area contributed by atoms with Crippen LogP contribution in [0.2, 0.25) is 5.02 Å². The second-order valence-corrected chi connectivity index (χ2v) is 9.36. The van der Waals surface area contributed by atoms with Gasteiger partial charge in [-0.15, -0.1) is 4.40 Å². The topological polar surface area (TPSA) is 117 Å². The summed E-state index contributed by atoms with van der Waals surface area (Å²) in [6, 6.07) is 13.5. The number of aliphatic imine (C=N–C) groups is 1. The molecule has 0 radical (unpaired) electrons. The molecule has 0 amide bonds. The summed E-state index contributed by atoms with van der Waals surface area (Å²) in [7, 11) is -3.89. The van der Waals surface area contributed by atoms with Crippen molar-refractivity contribution in [1.29, 1.82) is 0 Å². The van der Waals surface area contributed by atoms with E-state index in [0.717, 1.165) is 22.5 Å². The molecule has 1 aliphatic rings. The van der Waals surface area contributed by atoms with Crippen molar-refractivity contribution < 1.29 is 13.5 Å². The normalized spacial score (nSPS) is 15.7. The van der Waals surface area contributed by atoms with Gasteiger partial charge in [-0.2, -0.15) is 13.4 Å². The fraction of sp³-hybridized carbons (Fsp3) is 0.0526. The van der Waals surface area contributed by atoms with Gasteiger partial charge in [0.2, 0.25) is 5.17 Å². The lowest BCUT2D eigenvalue weighted by Gasteiger charge is -2.15. The summed E-state index contributed by atoms with van der Waals surface area (Å²) in [5, 5.41) is 14.7. The average molecular weight is 447 g/mol. The number of guanidine groups is 1. The summed E-state index contributed by atoms with van der Waals surface area (Å²) in [5.41, 5.74) is 7.27. The predicted octanol–water partition coefficient (Wildman–Crippen LogP) is 4.08. The highest BCUT2D eigenvalue weighted by atomic mass is 35.5. The number of fused-ring (bicyclic) bond motifs is 2. The average Bonchev–Trinajstić information content (AvgIpc) is 2.63. The number of phenolic OH excluding ortho intramolecular Hbond substituents is 1. The summed E-state index contributed by atoms with van der Waals surface area (Å²) in [6.07, 6.45) is 0. The number of hydrogen-bond acceptors (Lipinski definition) is 5. The number of aromatic hydroxyl groups is 1. The lowest BCUT2D eigenvalue weighted by atomic mass is 10.1. The molecule has 0 spiro atoms. The number of anilines is 1. The van der Waals surface area contributed by atoms with E-state index < -0.39 is 10.0 Å². The van der Waals surface area contributed by atoms with Crippen LogP contribution in [-0.4, -0.2) is 24.7 Å². The van der Waals surface area contributed by atoms with Crippen molar-refractivity contribution >= 4 is 61.0 Å². The van der Waals surface area contributed by atoms with Crippen LogP contribution in [0.3, 0.4) is 0 Å². The predicted molar refractivity (Wildman–Crippen MR) is 118 cm³/mol. The Bertz CT molecular complexity index is 1320. The maximum atomic E-state index is 12.5. The van der Waals surface area contributed by atoms with E-state index in [1.54, 1.807) is 37.3 Å². The molecule has 0 saturated heterocycles. The molecule has 29 heavy (non-hydrogen) atoms. The zero-order valence-electron chi connectivity index (χ0n) is 15.0. The molecule has 0 atom stereocenters. The number of aryl methyl sites for hydroxylation is 1. The first-order valence-electron chi connectivity index (χ1n) is 8.38. The zero-order chi connectivity index (χ0) is 20.8.